The summed E-state index contributed by atoms with van der Waals surface area (Å²) in [6.07, 6.45) is 4.52. The second kappa shape index (κ2) is 8.81. The Morgan fingerprint density at radius 1 is 1.60 bits per heavy atom. The molecular weight excluding hydrogens is 383 g/mol. The highest BCUT2D eigenvalue weighted by Gasteiger charge is 2.19. The number of piperidine rings is 1. The highest BCUT2D eigenvalue weighted by Crippen LogP contribution is 2.16. The van der Waals surface area contributed by atoms with E-state index in [1.165, 1.54) is 17.7 Å². The number of thiazole rings is 1. The molecule has 1 aliphatic rings. The fraction of sp³-hybridized carbons (Fsp3) is 0.714. The van der Waals surface area contributed by atoms with E-state index >= 15 is 0 Å². The number of likely N-dealkylation sites (tertiary alicyclic amines) is 1. The summed E-state index contributed by atoms with van der Waals surface area (Å²) in [4.78, 5) is 12.7. The molecule has 1 aliphatic heterocycles. The summed E-state index contributed by atoms with van der Waals surface area (Å²) in [7, 11) is 0. The second-order valence-corrected chi connectivity index (χ2v) is 6.55. The molecule has 20 heavy (non-hydrogen) atoms. The van der Waals surface area contributed by atoms with Crippen molar-refractivity contribution in [3.05, 3.63) is 16.1 Å². The van der Waals surface area contributed by atoms with Gasteiger partial charge in [-0.3, -0.25) is 0 Å². The van der Waals surface area contributed by atoms with E-state index in [0.29, 0.717) is 6.54 Å². The van der Waals surface area contributed by atoms with Gasteiger partial charge in [0.1, 0.15) is 5.01 Å². The van der Waals surface area contributed by atoms with Crippen LogP contribution < -0.4 is 5.32 Å². The number of guanidine groups is 1. The van der Waals surface area contributed by atoms with Gasteiger partial charge in [-0.1, -0.05) is 6.92 Å². The lowest BCUT2D eigenvalue weighted by Gasteiger charge is -2.33. The average molecular weight is 408 g/mol. The summed E-state index contributed by atoms with van der Waals surface area (Å²) < 4.78 is 0. The first-order valence-corrected chi connectivity index (χ1v) is 7.95. The van der Waals surface area contributed by atoms with Crippen molar-refractivity contribution in [1.82, 2.24) is 15.2 Å². The number of hydrogen-bond acceptors (Lipinski definition) is 3. The van der Waals surface area contributed by atoms with Gasteiger partial charge < -0.3 is 10.2 Å². The molecule has 0 radical (unpaired) electrons. The monoisotopic (exact) mass is 408 g/mol. The van der Waals surface area contributed by atoms with Gasteiger partial charge in [0.25, 0.3) is 0 Å². The first kappa shape index (κ1) is 17.7. The molecule has 0 aromatic carbocycles. The Morgan fingerprint density at radius 3 is 3.00 bits per heavy atom. The van der Waals surface area contributed by atoms with Gasteiger partial charge in [0.05, 0.1) is 6.54 Å². The lowest BCUT2D eigenvalue weighted by molar-refractivity contribution is 0.266. The zero-order chi connectivity index (χ0) is 13.7. The highest BCUT2D eigenvalue weighted by atomic mass is 127. The van der Waals surface area contributed by atoms with Crippen LogP contribution in [0.1, 0.15) is 36.6 Å². The van der Waals surface area contributed by atoms with Gasteiger partial charge in [-0.15, -0.1) is 35.3 Å². The highest BCUT2D eigenvalue weighted by molar-refractivity contribution is 14.0. The predicted octanol–water partition coefficient (Wildman–Crippen LogP) is 3.27. The number of rotatable bonds is 3. The van der Waals surface area contributed by atoms with Crippen LogP contribution in [0.2, 0.25) is 0 Å². The normalized spacial score (nSPS) is 19.6. The number of aliphatic imine (C=N–C) groups is 1. The van der Waals surface area contributed by atoms with Gasteiger partial charge in [0, 0.05) is 30.7 Å². The maximum absolute atomic E-state index is 4.73. The summed E-state index contributed by atoms with van der Waals surface area (Å²) in [5.41, 5.74) is 0. The van der Waals surface area contributed by atoms with Crippen molar-refractivity contribution in [1.29, 1.82) is 0 Å². The molecule has 114 valence electrons. The molecule has 0 saturated carbocycles. The van der Waals surface area contributed by atoms with Crippen LogP contribution in [-0.2, 0) is 6.54 Å². The smallest absolute Gasteiger partial charge is 0.194 e. The first-order chi connectivity index (χ1) is 9.19. The summed E-state index contributed by atoms with van der Waals surface area (Å²) in [5, 5.41) is 4.50. The minimum absolute atomic E-state index is 0. The third-order valence-corrected chi connectivity index (χ3v) is 4.22. The number of aryl methyl sites for hydroxylation is 1. The molecule has 1 aromatic rings. The van der Waals surface area contributed by atoms with Crippen molar-refractivity contribution < 1.29 is 0 Å². The maximum atomic E-state index is 4.73. The van der Waals surface area contributed by atoms with Crippen LogP contribution >= 0.6 is 35.3 Å². The number of halogens is 1. The molecule has 2 heterocycles. The molecule has 2 rings (SSSR count). The lowest BCUT2D eigenvalue weighted by Crippen LogP contribution is -2.46. The van der Waals surface area contributed by atoms with E-state index in [0.717, 1.165) is 36.5 Å². The van der Waals surface area contributed by atoms with E-state index in [4.69, 9.17) is 4.99 Å². The van der Waals surface area contributed by atoms with Crippen molar-refractivity contribution in [2.45, 2.75) is 40.2 Å². The van der Waals surface area contributed by atoms with E-state index in [1.807, 2.05) is 6.20 Å². The molecular formula is C14H25IN4S. The Bertz CT molecular complexity index is 433. The van der Waals surface area contributed by atoms with Crippen LogP contribution in [0.5, 0.6) is 0 Å². The molecule has 0 spiro atoms. The predicted molar refractivity (Wildman–Crippen MR) is 97.1 cm³/mol. The van der Waals surface area contributed by atoms with Crippen molar-refractivity contribution in [2.75, 3.05) is 19.6 Å². The third kappa shape index (κ3) is 5.20. The average Bonchev–Trinajstić information content (AvgIpc) is 2.80. The number of hydrogen-bond donors (Lipinski definition) is 1. The Hall–Kier alpha value is -0.370. The Balaban J connectivity index is 0.00000200. The lowest BCUT2D eigenvalue weighted by atomic mass is 10.0. The third-order valence-electron chi connectivity index (χ3n) is 3.32. The SMILES string of the molecule is CCNC(=NCc1ncc(C)s1)N1CCCC(C)C1.I. The molecule has 0 amide bonds. The second-order valence-electron chi connectivity index (χ2n) is 5.23. The molecule has 1 saturated heterocycles. The van der Waals surface area contributed by atoms with Gasteiger partial charge in [-0.2, -0.15) is 0 Å². The van der Waals surface area contributed by atoms with E-state index in [1.54, 1.807) is 11.3 Å². The van der Waals surface area contributed by atoms with Crippen LogP contribution in [0.25, 0.3) is 0 Å². The Labute approximate surface area is 143 Å². The minimum atomic E-state index is 0. The van der Waals surface area contributed by atoms with E-state index in [9.17, 15) is 0 Å². The fourth-order valence-corrected chi connectivity index (χ4v) is 3.14. The van der Waals surface area contributed by atoms with Gasteiger partial charge in [-0.05, 0) is 32.6 Å². The maximum Gasteiger partial charge on any atom is 0.194 e. The molecule has 0 bridgehead atoms. The van der Waals surface area contributed by atoms with Crippen molar-refractivity contribution in [2.24, 2.45) is 10.9 Å². The van der Waals surface area contributed by atoms with Crippen molar-refractivity contribution >= 4 is 41.3 Å². The summed E-state index contributed by atoms with van der Waals surface area (Å²) in [6, 6.07) is 0. The summed E-state index contributed by atoms with van der Waals surface area (Å²) in [5.74, 6) is 1.81. The number of nitrogens with zero attached hydrogens (tertiary/aromatic N) is 3. The molecule has 1 unspecified atom stereocenters. The topological polar surface area (TPSA) is 40.5 Å². The van der Waals surface area contributed by atoms with Crippen molar-refractivity contribution in [3.63, 3.8) is 0 Å². The quantitative estimate of drug-likeness (QED) is 0.474. The van der Waals surface area contributed by atoms with Crippen LogP contribution in [0, 0.1) is 12.8 Å². The van der Waals surface area contributed by atoms with Crippen LogP contribution in [0.4, 0.5) is 0 Å². The van der Waals surface area contributed by atoms with E-state index in [2.05, 4.69) is 36.0 Å². The van der Waals surface area contributed by atoms with Gasteiger partial charge >= 0.3 is 0 Å². The van der Waals surface area contributed by atoms with Gasteiger partial charge in [0.15, 0.2) is 5.96 Å². The largest absolute Gasteiger partial charge is 0.357 e. The minimum Gasteiger partial charge on any atom is -0.357 e. The van der Waals surface area contributed by atoms with Crippen LogP contribution in [-0.4, -0.2) is 35.5 Å². The molecule has 1 atom stereocenters. The Morgan fingerprint density at radius 2 is 2.40 bits per heavy atom. The number of aromatic nitrogens is 1. The molecule has 0 aliphatic carbocycles. The fourth-order valence-electron chi connectivity index (χ4n) is 2.42. The summed E-state index contributed by atoms with van der Waals surface area (Å²) >= 11 is 1.73. The van der Waals surface area contributed by atoms with Gasteiger partial charge in [0.2, 0.25) is 0 Å². The van der Waals surface area contributed by atoms with E-state index in [-0.39, 0.29) is 24.0 Å². The molecule has 4 nitrogen and oxygen atoms in total. The first-order valence-electron chi connectivity index (χ1n) is 7.13. The zero-order valence-electron chi connectivity index (χ0n) is 12.6. The van der Waals surface area contributed by atoms with E-state index < -0.39 is 0 Å². The van der Waals surface area contributed by atoms with Gasteiger partial charge in [-0.25, -0.2) is 9.98 Å². The molecule has 1 N–H and O–H groups in total. The molecule has 6 heteroatoms. The van der Waals surface area contributed by atoms with Crippen LogP contribution in [0.15, 0.2) is 11.2 Å². The standard InChI is InChI=1S/C14H24N4S.HI/c1-4-15-14(18-7-5-6-11(2)10-18)17-9-13-16-8-12(3)19-13;/h8,11H,4-7,9-10H2,1-3H3,(H,15,17);1H. The number of nitrogens with one attached hydrogen (secondary N) is 1. The zero-order valence-corrected chi connectivity index (χ0v) is 15.7. The van der Waals surface area contributed by atoms with Crippen LogP contribution in [0.3, 0.4) is 0 Å². The molecule has 1 fully saturated rings. The Kier molecular flexibility index (Phi) is 7.79. The summed E-state index contributed by atoms with van der Waals surface area (Å²) in [6.45, 7) is 10.4. The van der Waals surface area contributed by atoms with Crippen molar-refractivity contribution in [3.8, 4) is 0 Å². The molecule has 1 aromatic heterocycles.